The van der Waals surface area contributed by atoms with Crippen molar-refractivity contribution in [3.8, 4) is 11.8 Å². The standard InChI is InChI=1S/C51H56ClN9O5/c1-51(2,37-22-33(27-53)23-38(52)26-37)36-6-8-41(9-7-36)66-31-39-12-15-54-50(55-39)60-29-34-24-40(25-35(34)30-60)58-16-13-32(14-17-58)28-57-18-20-59(21-19-57)43-5-3-4-42-46(43)49(65)61(48(42)64)44-10-11-45(62)56-47(44)63/h3-9,12,15,22-23,26,32,34-35,40,44H,10-11,13-14,16-21,24-25,28-31H2,1-2H3,(H,56,62,63). The van der Waals surface area contributed by atoms with Crippen molar-refractivity contribution in [2.24, 2.45) is 17.8 Å². The summed E-state index contributed by atoms with van der Waals surface area (Å²) in [7, 11) is 0. The van der Waals surface area contributed by atoms with Gasteiger partial charge in [0.1, 0.15) is 18.4 Å². The number of likely N-dealkylation sites (tertiary alicyclic amines) is 1. The molecule has 14 nitrogen and oxygen atoms in total. The Balaban J connectivity index is 0.661. The van der Waals surface area contributed by atoms with Crippen molar-refractivity contribution in [3.05, 3.63) is 111 Å². The molecule has 1 saturated carbocycles. The van der Waals surface area contributed by atoms with Gasteiger partial charge in [0.2, 0.25) is 17.8 Å². The Hall–Kier alpha value is -5.88. The molecular weight excluding hydrogens is 854 g/mol. The summed E-state index contributed by atoms with van der Waals surface area (Å²) in [5, 5.41) is 12.3. The number of hydrogen-bond acceptors (Lipinski definition) is 12. The SMILES string of the molecule is CC(C)(c1ccc(OCc2ccnc(N3CC4CC(N5CCC(CN6CCN(c7cccc8c7C(=O)N(C7CCC(=O)NC7=O)C8=O)CC6)CC5)CC4C3)n2)cc1)c1cc(Cl)cc(C#N)c1. The van der Waals surface area contributed by atoms with Crippen molar-refractivity contribution in [3.63, 3.8) is 0 Å². The number of halogens is 1. The molecule has 4 saturated heterocycles. The first kappa shape index (κ1) is 44.0. The molecule has 0 bridgehead atoms. The van der Waals surface area contributed by atoms with E-state index in [2.05, 4.69) is 61.9 Å². The second-order valence-electron chi connectivity index (χ2n) is 19.6. The average molecular weight is 911 g/mol. The minimum atomic E-state index is -0.970. The lowest BCUT2D eigenvalue weighted by molar-refractivity contribution is -0.136. The van der Waals surface area contributed by atoms with Crippen molar-refractivity contribution in [1.29, 1.82) is 5.26 Å². The lowest BCUT2D eigenvalue weighted by Crippen LogP contribution is -2.54. The number of amides is 4. The van der Waals surface area contributed by atoms with E-state index in [9.17, 15) is 24.4 Å². The molecule has 3 unspecified atom stereocenters. The number of carbonyl (C=O) groups excluding carboxylic acids is 4. The highest BCUT2D eigenvalue weighted by molar-refractivity contribution is 6.30. The minimum absolute atomic E-state index is 0.100. The number of nitrogens with one attached hydrogen (secondary N) is 1. The molecular formula is C51H56ClN9O5. The maximum Gasteiger partial charge on any atom is 0.264 e. The number of imide groups is 2. The molecule has 66 heavy (non-hydrogen) atoms. The van der Waals surface area contributed by atoms with E-state index >= 15 is 0 Å². The van der Waals surface area contributed by atoms with Crippen LogP contribution in [0.1, 0.15) is 95.5 Å². The Morgan fingerprint density at radius 2 is 1.59 bits per heavy atom. The normalized spacial score (nSPS) is 24.1. The molecule has 4 aromatic rings. The predicted octanol–water partition coefficient (Wildman–Crippen LogP) is 6.06. The summed E-state index contributed by atoms with van der Waals surface area (Å²) in [5.41, 5.74) is 4.57. The zero-order valence-corrected chi connectivity index (χ0v) is 38.4. The first-order valence-electron chi connectivity index (χ1n) is 23.5. The molecule has 10 rings (SSSR count). The Kier molecular flexibility index (Phi) is 12.0. The van der Waals surface area contributed by atoms with Crippen LogP contribution in [0.3, 0.4) is 0 Å². The van der Waals surface area contributed by atoms with Crippen LogP contribution in [-0.4, -0.2) is 119 Å². The zero-order valence-electron chi connectivity index (χ0n) is 37.6. The highest BCUT2D eigenvalue weighted by atomic mass is 35.5. The van der Waals surface area contributed by atoms with Crippen LogP contribution >= 0.6 is 11.6 Å². The van der Waals surface area contributed by atoms with E-state index in [4.69, 9.17) is 21.3 Å². The van der Waals surface area contributed by atoms with E-state index in [1.165, 1.54) is 25.7 Å². The number of piperazine rings is 1. The molecule has 1 N–H and O–H groups in total. The van der Waals surface area contributed by atoms with Crippen molar-refractivity contribution in [2.75, 3.05) is 68.7 Å². The van der Waals surface area contributed by atoms with Crippen LogP contribution < -0.4 is 19.9 Å². The number of anilines is 2. The topological polar surface area (TPSA) is 155 Å². The lowest BCUT2D eigenvalue weighted by atomic mass is 9.78. The summed E-state index contributed by atoms with van der Waals surface area (Å²) in [6.07, 6.45) is 6.94. The average Bonchev–Trinajstić information content (AvgIpc) is 3.99. The maximum absolute atomic E-state index is 13.7. The molecule has 6 aliphatic rings. The number of aromatic nitrogens is 2. The van der Waals surface area contributed by atoms with Gasteiger partial charge in [0.15, 0.2) is 0 Å². The van der Waals surface area contributed by atoms with E-state index in [1.54, 1.807) is 12.1 Å². The largest absolute Gasteiger partial charge is 0.487 e. The maximum atomic E-state index is 13.7. The van der Waals surface area contributed by atoms with Gasteiger partial charge in [0.25, 0.3) is 11.8 Å². The smallest absolute Gasteiger partial charge is 0.264 e. The van der Waals surface area contributed by atoms with Crippen molar-refractivity contribution in [1.82, 2.24) is 30.0 Å². The van der Waals surface area contributed by atoms with Crippen molar-refractivity contribution in [2.45, 2.75) is 76.5 Å². The van der Waals surface area contributed by atoms with Gasteiger partial charge in [-0.05, 0) is 123 Å². The number of fused-ring (bicyclic) bond motifs is 2. The van der Waals surface area contributed by atoms with Crippen LogP contribution in [0.5, 0.6) is 5.75 Å². The first-order valence-corrected chi connectivity index (χ1v) is 23.9. The van der Waals surface area contributed by atoms with Crippen LogP contribution in [0.15, 0.2) is 72.9 Å². The molecule has 0 spiro atoms. The molecule has 5 fully saturated rings. The van der Waals surface area contributed by atoms with Gasteiger partial charge in [-0.25, -0.2) is 9.97 Å². The number of rotatable bonds is 11. The predicted molar refractivity (Wildman–Crippen MR) is 249 cm³/mol. The molecule has 342 valence electrons. The van der Waals surface area contributed by atoms with Gasteiger partial charge >= 0.3 is 0 Å². The van der Waals surface area contributed by atoms with Gasteiger partial charge in [-0.2, -0.15) is 5.26 Å². The second kappa shape index (κ2) is 18.1. The molecule has 6 heterocycles. The van der Waals surface area contributed by atoms with Gasteiger partial charge in [0.05, 0.1) is 34.1 Å². The summed E-state index contributed by atoms with van der Waals surface area (Å²) >= 11 is 6.32. The molecule has 1 aromatic heterocycles. The third-order valence-electron chi connectivity index (χ3n) is 15.3. The Morgan fingerprint density at radius 3 is 2.30 bits per heavy atom. The number of piperidine rings is 2. The fraction of sp³-hybridized carbons (Fsp3) is 0.471. The Labute approximate surface area is 390 Å². The zero-order chi connectivity index (χ0) is 45.7. The fourth-order valence-electron chi connectivity index (χ4n) is 11.5. The van der Waals surface area contributed by atoms with E-state index in [1.807, 2.05) is 48.7 Å². The molecule has 3 aromatic carbocycles. The summed E-state index contributed by atoms with van der Waals surface area (Å²) < 4.78 is 6.19. The van der Waals surface area contributed by atoms with E-state index in [0.717, 1.165) is 98.0 Å². The van der Waals surface area contributed by atoms with E-state index < -0.39 is 23.8 Å². The number of ether oxygens (including phenoxy) is 1. The summed E-state index contributed by atoms with van der Waals surface area (Å²) in [5.74, 6) is 1.61. The summed E-state index contributed by atoms with van der Waals surface area (Å²) in [6, 6.07) is 22.8. The van der Waals surface area contributed by atoms with Crippen LogP contribution in [-0.2, 0) is 21.6 Å². The number of nitriles is 1. The third-order valence-corrected chi connectivity index (χ3v) is 15.5. The van der Waals surface area contributed by atoms with Crippen molar-refractivity contribution >= 4 is 46.9 Å². The number of nitrogens with zero attached hydrogens (tertiary/aromatic N) is 8. The Morgan fingerprint density at radius 1 is 0.848 bits per heavy atom. The molecule has 3 atom stereocenters. The van der Waals surface area contributed by atoms with Gasteiger partial charge in [-0.3, -0.25) is 34.3 Å². The molecule has 15 heteroatoms. The van der Waals surface area contributed by atoms with Crippen LogP contribution in [0.4, 0.5) is 11.6 Å². The van der Waals surface area contributed by atoms with Gasteiger partial charge in [0, 0.05) is 74.9 Å². The van der Waals surface area contributed by atoms with E-state index in [0.29, 0.717) is 52.1 Å². The monoisotopic (exact) mass is 909 g/mol. The van der Waals surface area contributed by atoms with Crippen LogP contribution in [0.25, 0.3) is 0 Å². The summed E-state index contributed by atoms with van der Waals surface area (Å²) in [6.45, 7) is 13.2. The van der Waals surface area contributed by atoms with Crippen LogP contribution in [0, 0.1) is 29.1 Å². The van der Waals surface area contributed by atoms with Gasteiger partial charge in [-0.1, -0.05) is 43.6 Å². The first-order chi connectivity index (χ1) is 31.9. The van der Waals surface area contributed by atoms with Crippen LogP contribution in [0.2, 0.25) is 5.02 Å². The molecule has 5 aliphatic heterocycles. The second-order valence-corrected chi connectivity index (χ2v) is 20.0. The third kappa shape index (κ3) is 8.64. The summed E-state index contributed by atoms with van der Waals surface area (Å²) in [4.78, 5) is 72.0. The highest BCUT2D eigenvalue weighted by Gasteiger charge is 2.47. The van der Waals surface area contributed by atoms with Crippen molar-refractivity contribution < 1.29 is 23.9 Å². The number of benzene rings is 3. The minimum Gasteiger partial charge on any atom is -0.487 e. The number of carbonyl (C=O) groups is 4. The fourth-order valence-corrected chi connectivity index (χ4v) is 11.7. The molecule has 4 amide bonds. The van der Waals surface area contributed by atoms with Gasteiger partial charge < -0.3 is 19.4 Å². The van der Waals surface area contributed by atoms with E-state index in [-0.39, 0.29) is 24.2 Å². The lowest BCUT2D eigenvalue weighted by Gasteiger charge is -2.41. The quantitative estimate of drug-likeness (QED) is 0.174. The van der Waals surface area contributed by atoms with Gasteiger partial charge in [-0.15, -0.1) is 0 Å². The highest BCUT2D eigenvalue weighted by Crippen LogP contribution is 2.42. The molecule has 0 radical (unpaired) electrons. The Bertz CT molecular complexity index is 2570. The number of hydrogen-bond donors (Lipinski definition) is 1. The molecule has 1 aliphatic carbocycles.